The van der Waals surface area contributed by atoms with Crippen LogP contribution in [-0.4, -0.2) is 74.3 Å². The Morgan fingerprint density at radius 1 is 0.455 bits per heavy atom. The highest BCUT2D eigenvalue weighted by Gasteiger charge is 2.30. The lowest BCUT2D eigenvalue weighted by Crippen LogP contribution is -2.47. The minimum Gasteiger partial charge on any atom is -0.456 e. The van der Waals surface area contributed by atoms with Gasteiger partial charge in [-0.1, -0.05) is 248 Å². The van der Waals surface area contributed by atoms with E-state index in [-0.39, 0.29) is 31.5 Å². The number of hydrogen-bond acceptors (Lipinski definition) is 6. The van der Waals surface area contributed by atoms with Gasteiger partial charge in [0.2, 0.25) is 5.91 Å². The molecule has 0 aromatic heterocycles. The highest BCUT2D eigenvalue weighted by molar-refractivity contribution is 7.47. The average molecular weight is 1100 g/mol. The van der Waals surface area contributed by atoms with Gasteiger partial charge in [-0.2, -0.15) is 0 Å². The summed E-state index contributed by atoms with van der Waals surface area (Å²) in [5.74, 6) is -0.519. The molecule has 0 heterocycles. The SMILES string of the molecule is CCCCC/C=C\C/C=C\C/C=C\C/C=C\CCCCCCCCCC(=O)NC(COP(=O)(O)OCC[N+](C)(C)C)C(/C=C\CCCCCCCCCCC)OC(=O)CCCCCCCCC/C=C/CCCCCCCC. The van der Waals surface area contributed by atoms with Gasteiger partial charge in [-0.05, 0) is 102 Å². The number of nitrogens with one attached hydrogen (secondary N) is 1. The second-order valence-corrected chi connectivity index (χ2v) is 24.4. The molecular weight excluding hydrogens is 976 g/mol. The maximum Gasteiger partial charge on any atom is 0.472 e. The third-order valence-corrected chi connectivity index (χ3v) is 15.1. The maximum atomic E-state index is 13.6. The molecule has 2 N–H and O–H groups in total. The van der Waals surface area contributed by atoms with Crippen LogP contribution in [0.15, 0.2) is 72.9 Å². The number of hydrogen-bond donors (Lipinski definition) is 2. The van der Waals surface area contributed by atoms with E-state index in [9.17, 15) is 19.0 Å². The van der Waals surface area contributed by atoms with Crippen LogP contribution in [0.25, 0.3) is 0 Å². The van der Waals surface area contributed by atoms with E-state index in [1.54, 1.807) is 0 Å². The molecule has 0 saturated heterocycles. The van der Waals surface area contributed by atoms with Gasteiger partial charge in [0.05, 0.1) is 33.8 Å². The van der Waals surface area contributed by atoms with Gasteiger partial charge < -0.3 is 19.4 Å². The molecular formula is C67H124N2O7P+. The van der Waals surface area contributed by atoms with E-state index < -0.39 is 20.0 Å². The molecule has 77 heavy (non-hydrogen) atoms. The van der Waals surface area contributed by atoms with Gasteiger partial charge in [0, 0.05) is 12.8 Å². The predicted molar refractivity (Wildman–Crippen MR) is 332 cm³/mol. The van der Waals surface area contributed by atoms with Gasteiger partial charge in [-0.3, -0.25) is 18.6 Å². The Morgan fingerprint density at radius 3 is 1.22 bits per heavy atom. The van der Waals surface area contributed by atoms with Crippen molar-refractivity contribution in [3.8, 4) is 0 Å². The summed E-state index contributed by atoms with van der Waals surface area (Å²) in [6.45, 7) is 6.98. The standard InChI is InChI=1S/C67H123N2O7P/c1-7-10-13-16-19-22-25-27-29-31-32-33-34-35-36-38-39-41-44-47-50-53-56-59-66(70)68-64(63-75-77(72,73)74-62-61-69(4,5)6)65(58-55-52-49-46-43-24-21-18-15-12-9-3)76-67(71)60-57-54-51-48-45-42-40-37-30-28-26-23-20-17-14-11-8-2/h19,22,27-30,32-33,35-36,55,58,64-65H,7-18,20-21,23-26,31,34,37-54,56-57,59-63H2,1-6H3,(H-,68,70,72,73)/p+1/b22-19-,29-27-,30-28+,33-32-,36-35-,58-55-. The molecule has 0 aromatic carbocycles. The Labute approximate surface area is 476 Å². The fraction of sp³-hybridized carbons (Fsp3) is 0.791. The molecule has 448 valence electrons. The third-order valence-electron chi connectivity index (χ3n) is 14.1. The lowest BCUT2D eigenvalue weighted by molar-refractivity contribution is -0.870. The average Bonchev–Trinajstić information content (AvgIpc) is 3.39. The number of ether oxygens (including phenoxy) is 1. The van der Waals surface area contributed by atoms with E-state index in [0.29, 0.717) is 17.4 Å². The monoisotopic (exact) mass is 1100 g/mol. The van der Waals surface area contributed by atoms with Crippen LogP contribution >= 0.6 is 7.82 Å². The second-order valence-electron chi connectivity index (χ2n) is 22.9. The van der Waals surface area contributed by atoms with Crippen LogP contribution in [0.4, 0.5) is 0 Å². The van der Waals surface area contributed by atoms with Crippen LogP contribution in [0.2, 0.25) is 0 Å². The zero-order chi connectivity index (χ0) is 56.4. The largest absolute Gasteiger partial charge is 0.472 e. The predicted octanol–water partition coefficient (Wildman–Crippen LogP) is 20.0. The van der Waals surface area contributed by atoms with Gasteiger partial charge in [0.15, 0.2) is 0 Å². The summed E-state index contributed by atoms with van der Waals surface area (Å²) in [7, 11) is 1.48. The molecule has 10 heteroatoms. The van der Waals surface area contributed by atoms with E-state index in [1.807, 2.05) is 33.3 Å². The molecule has 0 spiro atoms. The van der Waals surface area contributed by atoms with Crippen molar-refractivity contribution >= 4 is 19.7 Å². The zero-order valence-electron chi connectivity index (χ0n) is 51.2. The first kappa shape index (κ1) is 74.5. The fourth-order valence-corrected chi connectivity index (χ4v) is 9.83. The number of rotatable bonds is 58. The van der Waals surface area contributed by atoms with Crippen molar-refractivity contribution < 1.29 is 37.3 Å². The number of phosphoric ester groups is 1. The van der Waals surface area contributed by atoms with E-state index >= 15 is 0 Å². The summed E-state index contributed by atoms with van der Waals surface area (Å²) in [5, 5.41) is 3.05. The van der Waals surface area contributed by atoms with Gasteiger partial charge >= 0.3 is 13.8 Å². The van der Waals surface area contributed by atoms with Crippen molar-refractivity contribution in [2.45, 2.75) is 303 Å². The summed E-state index contributed by atoms with van der Waals surface area (Å²) in [5.41, 5.74) is 0. The highest BCUT2D eigenvalue weighted by Crippen LogP contribution is 2.43. The first-order valence-corrected chi connectivity index (χ1v) is 33.8. The third kappa shape index (κ3) is 57.9. The van der Waals surface area contributed by atoms with Crippen LogP contribution in [0.1, 0.15) is 290 Å². The normalized spacial score (nSPS) is 14.1. The molecule has 0 bridgehead atoms. The van der Waals surface area contributed by atoms with Crippen LogP contribution < -0.4 is 5.32 Å². The van der Waals surface area contributed by atoms with Gasteiger partial charge in [0.1, 0.15) is 19.3 Å². The van der Waals surface area contributed by atoms with E-state index in [2.05, 4.69) is 86.8 Å². The minimum absolute atomic E-state index is 0.0352. The van der Waals surface area contributed by atoms with Crippen LogP contribution in [0.5, 0.6) is 0 Å². The second kappa shape index (κ2) is 56.7. The Morgan fingerprint density at radius 2 is 0.792 bits per heavy atom. The van der Waals surface area contributed by atoms with Crippen molar-refractivity contribution in [1.82, 2.24) is 5.32 Å². The summed E-state index contributed by atoms with van der Waals surface area (Å²) in [6.07, 6.45) is 73.2. The smallest absolute Gasteiger partial charge is 0.456 e. The van der Waals surface area contributed by atoms with Crippen LogP contribution in [0, 0.1) is 0 Å². The van der Waals surface area contributed by atoms with Crippen LogP contribution in [-0.2, 0) is 27.9 Å². The summed E-state index contributed by atoms with van der Waals surface area (Å²) < 4.78 is 30.7. The summed E-state index contributed by atoms with van der Waals surface area (Å²) in [4.78, 5) is 37.7. The number of carbonyl (C=O) groups excluding carboxylic acids is 2. The Hall–Kier alpha value is -2.55. The van der Waals surface area contributed by atoms with Gasteiger partial charge in [-0.25, -0.2) is 4.57 Å². The Kier molecular flexibility index (Phi) is 54.8. The fourth-order valence-electron chi connectivity index (χ4n) is 9.10. The maximum absolute atomic E-state index is 13.6. The topological polar surface area (TPSA) is 111 Å². The molecule has 0 aromatic rings. The Balaban J connectivity index is 5.19. The van der Waals surface area contributed by atoms with E-state index in [0.717, 1.165) is 103 Å². The number of phosphoric acid groups is 1. The van der Waals surface area contributed by atoms with E-state index in [4.69, 9.17) is 13.8 Å². The molecule has 0 aliphatic rings. The summed E-state index contributed by atoms with van der Waals surface area (Å²) in [6, 6.07) is -0.858. The van der Waals surface area contributed by atoms with Gasteiger partial charge in [0.25, 0.3) is 0 Å². The molecule has 0 saturated carbocycles. The van der Waals surface area contributed by atoms with Crippen molar-refractivity contribution in [2.75, 3.05) is 40.9 Å². The first-order chi connectivity index (χ1) is 37.4. The number of allylic oxidation sites excluding steroid dienone is 11. The summed E-state index contributed by atoms with van der Waals surface area (Å²) >= 11 is 0. The molecule has 0 aliphatic heterocycles. The molecule has 3 atom stereocenters. The number of likely N-dealkylation sites (N-methyl/N-ethyl adjacent to an activating group) is 1. The molecule has 9 nitrogen and oxygen atoms in total. The number of esters is 1. The van der Waals surface area contributed by atoms with Crippen molar-refractivity contribution in [3.63, 3.8) is 0 Å². The van der Waals surface area contributed by atoms with Crippen molar-refractivity contribution in [2.24, 2.45) is 0 Å². The van der Waals surface area contributed by atoms with Gasteiger partial charge in [-0.15, -0.1) is 0 Å². The van der Waals surface area contributed by atoms with Crippen molar-refractivity contribution in [3.05, 3.63) is 72.9 Å². The van der Waals surface area contributed by atoms with Crippen molar-refractivity contribution in [1.29, 1.82) is 0 Å². The number of amides is 1. The minimum atomic E-state index is -4.45. The quantitative estimate of drug-likeness (QED) is 0.0205. The lowest BCUT2D eigenvalue weighted by Gasteiger charge is -2.27. The van der Waals surface area contributed by atoms with Crippen LogP contribution in [0.3, 0.4) is 0 Å². The number of nitrogens with zero attached hydrogens (tertiary/aromatic N) is 1. The first-order valence-electron chi connectivity index (χ1n) is 32.3. The molecule has 3 unspecified atom stereocenters. The number of quaternary nitrogens is 1. The molecule has 0 radical (unpaired) electrons. The lowest BCUT2D eigenvalue weighted by atomic mass is 10.1. The Bertz CT molecular complexity index is 1550. The van der Waals surface area contributed by atoms with E-state index in [1.165, 1.54) is 154 Å². The molecule has 0 aliphatic carbocycles. The number of unbranched alkanes of at least 4 members (excludes halogenated alkanes) is 32. The number of carbonyl (C=O) groups is 2. The highest BCUT2D eigenvalue weighted by atomic mass is 31.2. The molecule has 1 amide bonds. The molecule has 0 fully saturated rings. The molecule has 0 rings (SSSR count). The zero-order valence-corrected chi connectivity index (χ0v) is 52.1.